The smallest absolute Gasteiger partial charge is 0.335 e. The summed E-state index contributed by atoms with van der Waals surface area (Å²) in [5.41, 5.74) is 0. The Kier molecular flexibility index (Phi) is 47.5. The minimum atomic E-state index is -1.94. The highest BCUT2D eigenvalue weighted by Gasteiger charge is 2.50. The molecule has 6 unspecified atom stereocenters. The lowest BCUT2D eigenvalue weighted by molar-refractivity contribution is -0.301. The van der Waals surface area contributed by atoms with Crippen LogP contribution >= 0.6 is 0 Å². The Morgan fingerprint density at radius 2 is 0.772 bits per heavy atom. The van der Waals surface area contributed by atoms with Gasteiger partial charge in [-0.3, -0.25) is 14.4 Å². The average molecular weight is 1100 g/mol. The predicted molar refractivity (Wildman–Crippen MR) is 321 cm³/mol. The van der Waals surface area contributed by atoms with Crippen molar-refractivity contribution in [2.24, 2.45) is 0 Å². The molecule has 0 radical (unpaired) electrons. The van der Waals surface area contributed by atoms with Gasteiger partial charge in [-0.05, 0) is 135 Å². The summed E-state index contributed by atoms with van der Waals surface area (Å²) in [5, 5.41) is 31.5. The largest absolute Gasteiger partial charge is 0.479 e. The van der Waals surface area contributed by atoms with Gasteiger partial charge in [-0.1, -0.05) is 191 Å². The summed E-state index contributed by atoms with van der Waals surface area (Å²) in [7, 11) is 0. The van der Waals surface area contributed by atoms with Crippen LogP contribution in [-0.2, 0) is 42.9 Å². The van der Waals surface area contributed by atoms with Gasteiger partial charge in [-0.2, -0.15) is 0 Å². The van der Waals surface area contributed by atoms with Crippen molar-refractivity contribution in [2.45, 2.75) is 212 Å². The highest BCUT2D eigenvalue weighted by molar-refractivity contribution is 5.74. The van der Waals surface area contributed by atoms with E-state index >= 15 is 0 Å². The van der Waals surface area contributed by atoms with Crippen molar-refractivity contribution in [2.75, 3.05) is 13.2 Å². The molecule has 3 N–H and O–H groups in total. The molecule has 1 aliphatic rings. The lowest BCUT2D eigenvalue weighted by Gasteiger charge is -2.40. The molecule has 1 heterocycles. The van der Waals surface area contributed by atoms with Crippen LogP contribution in [0.1, 0.15) is 175 Å². The number of allylic oxidation sites excluding steroid dienone is 28. The fourth-order valence-electron chi connectivity index (χ4n) is 7.43. The average Bonchev–Trinajstić information content (AvgIpc) is 3.46. The second kappa shape index (κ2) is 52.8. The van der Waals surface area contributed by atoms with E-state index in [0.29, 0.717) is 32.1 Å². The third-order valence-corrected chi connectivity index (χ3v) is 11.8. The van der Waals surface area contributed by atoms with E-state index in [1.54, 1.807) is 0 Å². The van der Waals surface area contributed by atoms with Gasteiger partial charge in [0, 0.05) is 19.3 Å². The molecule has 0 aromatic rings. The van der Waals surface area contributed by atoms with E-state index < -0.39 is 67.3 Å². The lowest BCUT2D eigenvalue weighted by Crippen LogP contribution is -2.61. The Bertz CT molecular complexity index is 2020. The number of aliphatic hydroxyl groups excluding tert-OH is 2. The quantitative estimate of drug-likeness (QED) is 0.0228. The van der Waals surface area contributed by atoms with Crippen molar-refractivity contribution >= 4 is 23.9 Å². The SMILES string of the molecule is CC/C=C\C/C=C\C/C=C\C/C=C\C/C=C\C/C=C\CCC(=O)OCC(COC1OC(C(=O)O)C(O)C(O)C1OC(=O)CCCC/C=C\C/C=C\C/C=C\C/C=C\CC)OC(=O)CCCC/C=C\C/C=C\C/C=C\C/C=C\CC. The molecule has 438 valence electrons. The number of carboxylic acid groups (broad SMARTS) is 1. The summed E-state index contributed by atoms with van der Waals surface area (Å²) in [6, 6.07) is 0. The number of esters is 3. The number of aliphatic carboxylic acids is 1. The maximum Gasteiger partial charge on any atom is 0.335 e. The predicted octanol–water partition coefficient (Wildman–Crippen LogP) is 15.1. The van der Waals surface area contributed by atoms with Crippen molar-refractivity contribution in [1.29, 1.82) is 0 Å². The van der Waals surface area contributed by atoms with Gasteiger partial charge in [0.25, 0.3) is 0 Å². The summed E-state index contributed by atoms with van der Waals surface area (Å²) in [6.07, 6.45) is 66.3. The van der Waals surface area contributed by atoms with Gasteiger partial charge in [0.2, 0.25) is 0 Å². The zero-order valence-corrected chi connectivity index (χ0v) is 48.0. The first-order valence-electron chi connectivity index (χ1n) is 29.1. The van der Waals surface area contributed by atoms with Crippen LogP contribution in [0.3, 0.4) is 0 Å². The molecule has 1 rings (SSSR count). The summed E-state index contributed by atoms with van der Waals surface area (Å²) in [5.74, 6) is -3.38. The standard InChI is InChI=1S/C67H98O12/c1-4-7-10-13-16-19-22-25-28-29-30-31-34-35-38-41-44-47-50-53-59(68)75-56-58(77-60(69)54-51-48-45-42-39-36-32-26-23-20-17-14-11-8-5-2)57-76-67-65(63(72)62(71)64(79-67)66(73)74)78-61(70)55-52-49-46-43-40-37-33-27-24-21-18-15-12-9-6-3/h7-12,16-21,25-28,30-33,35,38-40,42-44,47,58,62-65,67,71-72H,4-6,13-15,22-24,29,34,36-37,41,45-46,48-57H2,1-3H3,(H,73,74)/b10-7-,11-8-,12-9-,19-16-,20-17-,21-18-,28-25-,31-30-,32-26-,33-27-,38-35-,42-39-,43-40-,47-44-. The Balaban J connectivity index is 2.81. The van der Waals surface area contributed by atoms with E-state index in [4.69, 9.17) is 23.7 Å². The molecular formula is C67H98O12. The monoisotopic (exact) mass is 1090 g/mol. The summed E-state index contributed by atoms with van der Waals surface area (Å²) < 4.78 is 28.2. The molecule has 0 aromatic heterocycles. The van der Waals surface area contributed by atoms with Gasteiger partial charge in [0.1, 0.15) is 18.8 Å². The molecule has 0 bridgehead atoms. The highest BCUT2D eigenvalue weighted by atomic mass is 16.7. The summed E-state index contributed by atoms with van der Waals surface area (Å²) in [4.78, 5) is 51.1. The van der Waals surface area contributed by atoms with E-state index in [1.165, 1.54) is 0 Å². The first-order valence-corrected chi connectivity index (χ1v) is 29.1. The van der Waals surface area contributed by atoms with E-state index in [2.05, 4.69) is 173 Å². The van der Waals surface area contributed by atoms with E-state index in [9.17, 15) is 34.5 Å². The van der Waals surface area contributed by atoms with Crippen LogP contribution in [0, 0.1) is 0 Å². The second-order valence-corrected chi connectivity index (χ2v) is 18.8. The summed E-state index contributed by atoms with van der Waals surface area (Å²) >= 11 is 0. The van der Waals surface area contributed by atoms with Crippen molar-refractivity contribution < 1.29 is 58.2 Å². The maximum absolute atomic E-state index is 13.1. The first-order chi connectivity index (χ1) is 38.6. The molecule has 0 spiro atoms. The molecule has 12 nitrogen and oxygen atoms in total. The normalized spacial score (nSPS) is 19.1. The Morgan fingerprint density at radius 3 is 1.15 bits per heavy atom. The number of carbonyl (C=O) groups is 4. The number of aliphatic hydroxyl groups is 2. The van der Waals surface area contributed by atoms with Crippen LogP contribution in [-0.4, -0.2) is 89.2 Å². The molecule has 12 heteroatoms. The second-order valence-electron chi connectivity index (χ2n) is 18.8. The van der Waals surface area contributed by atoms with E-state index in [-0.39, 0.29) is 25.9 Å². The Morgan fingerprint density at radius 1 is 0.418 bits per heavy atom. The third-order valence-electron chi connectivity index (χ3n) is 11.8. The minimum Gasteiger partial charge on any atom is -0.479 e. The molecule has 0 amide bonds. The van der Waals surface area contributed by atoms with Crippen LogP contribution in [0.15, 0.2) is 170 Å². The molecule has 1 saturated heterocycles. The number of carboxylic acids is 1. The zero-order valence-electron chi connectivity index (χ0n) is 48.0. The molecule has 0 aromatic carbocycles. The lowest BCUT2D eigenvalue weighted by atomic mass is 9.98. The molecular weight excluding hydrogens is 997 g/mol. The highest BCUT2D eigenvalue weighted by Crippen LogP contribution is 2.26. The van der Waals surface area contributed by atoms with Crippen LogP contribution in [0.25, 0.3) is 0 Å². The van der Waals surface area contributed by atoms with Crippen molar-refractivity contribution in [3.63, 3.8) is 0 Å². The molecule has 1 aliphatic heterocycles. The minimum absolute atomic E-state index is 0.0149. The van der Waals surface area contributed by atoms with Gasteiger partial charge in [0.15, 0.2) is 24.6 Å². The van der Waals surface area contributed by atoms with Crippen LogP contribution in [0.2, 0.25) is 0 Å². The fourth-order valence-corrected chi connectivity index (χ4v) is 7.43. The van der Waals surface area contributed by atoms with Gasteiger partial charge < -0.3 is 39.0 Å². The number of hydrogen-bond acceptors (Lipinski definition) is 11. The Labute approximate surface area is 475 Å². The number of ether oxygens (including phenoxy) is 5. The van der Waals surface area contributed by atoms with Crippen molar-refractivity contribution in [1.82, 2.24) is 0 Å². The maximum atomic E-state index is 13.1. The van der Waals surface area contributed by atoms with Gasteiger partial charge >= 0.3 is 23.9 Å². The number of unbranched alkanes of at least 4 members (excludes halogenated alkanes) is 4. The third kappa shape index (κ3) is 42.7. The van der Waals surface area contributed by atoms with E-state index in [1.807, 2.05) is 18.2 Å². The summed E-state index contributed by atoms with van der Waals surface area (Å²) in [6.45, 7) is 5.50. The van der Waals surface area contributed by atoms with Gasteiger partial charge in [0.05, 0.1) is 6.61 Å². The number of hydrogen-bond donors (Lipinski definition) is 3. The molecule has 79 heavy (non-hydrogen) atoms. The number of rotatable bonds is 46. The first kappa shape index (κ1) is 71.1. The molecule has 0 saturated carbocycles. The topological polar surface area (TPSA) is 175 Å². The zero-order chi connectivity index (χ0) is 57.5. The fraction of sp³-hybridized carbons (Fsp3) is 0.522. The van der Waals surface area contributed by atoms with Crippen LogP contribution in [0.4, 0.5) is 0 Å². The Hall–Kier alpha value is -5.92. The van der Waals surface area contributed by atoms with Crippen LogP contribution < -0.4 is 0 Å². The van der Waals surface area contributed by atoms with Crippen LogP contribution in [0.5, 0.6) is 0 Å². The van der Waals surface area contributed by atoms with E-state index in [0.717, 1.165) is 103 Å². The molecule has 1 fully saturated rings. The van der Waals surface area contributed by atoms with Crippen molar-refractivity contribution in [3.05, 3.63) is 170 Å². The molecule has 6 atom stereocenters. The van der Waals surface area contributed by atoms with Gasteiger partial charge in [-0.25, -0.2) is 4.79 Å². The van der Waals surface area contributed by atoms with Crippen molar-refractivity contribution in [3.8, 4) is 0 Å². The number of carbonyl (C=O) groups excluding carboxylic acids is 3. The molecule has 0 aliphatic carbocycles. The van der Waals surface area contributed by atoms with Gasteiger partial charge in [-0.15, -0.1) is 0 Å².